The number of likely N-dealkylation sites (N-methyl/N-ethyl adjacent to an activating group) is 1. The molecule has 6 heteroatoms. The second kappa shape index (κ2) is 7.13. The Kier molecular flexibility index (Phi) is 5.46. The summed E-state index contributed by atoms with van der Waals surface area (Å²) in [6.45, 7) is 0.295. The van der Waals surface area contributed by atoms with E-state index in [9.17, 15) is 4.79 Å². The number of carbonyl (C=O) groups excluding carboxylic acids is 1. The summed E-state index contributed by atoms with van der Waals surface area (Å²) in [4.78, 5) is 14.0. The van der Waals surface area contributed by atoms with Gasteiger partial charge in [-0.15, -0.1) is 0 Å². The Morgan fingerprint density at radius 3 is 2.81 bits per heavy atom. The molecule has 1 aromatic carbocycles. The summed E-state index contributed by atoms with van der Waals surface area (Å²) in [6.07, 6.45) is 2.72. The Hall–Kier alpha value is -1.28. The minimum atomic E-state index is -0.101. The second-order valence-electron chi connectivity index (χ2n) is 5.39. The van der Waals surface area contributed by atoms with Gasteiger partial charge in [-0.2, -0.15) is 5.26 Å². The minimum Gasteiger partial charge on any atom is -0.325 e. The van der Waals surface area contributed by atoms with Gasteiger partial charge in [-0.05, 0) is 44.5 Å². The van der Waals surface area contributed by atoms with Crippen molar-refractivity contribution in [3.05, 3.63) is 28.2 Å². The molecule has 1 amide bonds. The van der Waals surface area contributed by atoms with E-state index >= 15 is 0 Å². The van der Waals surface area contributed by atoms with Crippen molar-refractivity contribution in [1.82, 2.24) is 4.90 Å². The molecule has 1 aliphatic rings. The van der Waals surface area contributed by atoms with Crippen LogP contribution in [0.5, 0.6) is 0 Å². The number of nitrogens with zero attached hydrogens (tertiary/aromatic N) is 2. The average molecular weight is 326 g/mol. The molecule has 4 nitrogen and oxygen atoms in total. The van der Waals surface area contributed by atoms with E-state index in [1.165, 1.54) is 0 Å². The van der Waals surface area contributed by atoms with E-state index < -0.39 is 0 Å². The van der Waals surface area contributed by atoms with Crippen molar-refractivity contribution in [2.24, 2.45) is 5.92 Å². The van der Waals surface area contributed by atoms with Crippen LogP contribution in [0.1, 0.15) is 19.3 Å². The third-order valence-corrected chi connectivity index (χ3v) is 4.55. The Morgan fingerprint density at radius 1 is 1.43 bits per heavy atom. The first-order valence-corrected chi connectivity index (χ1v) is 7.60. The zero-order chi connectivity index (χ0) is 15.4. The van der Waals surface area contributed by atoms with E-state index in [1.807, 2.05) is 11.9 Å². The lowest BCUT2D eigenvalue weighted by molar-refractivity contribution is -0.117. The number of hydrogen-bond donors (Lipinski definition) is 1. The highest BCUT2D eigenvalue weighted by molar-refractivity contribution is 6.42. The first-order chi connectivity index (χ1) is 9.99. The van der Waals surface area contributed by atoms with Crippen LogP contribution in [0.15, 0.2) is 18.2 Å². The van der Waals surface area contributed by atoms with Gasteiger partial charge in [0.15, 0.2) is 0 Å². The smallest absolute Gasteiger partial charge is 0.238 e. The molecule has 0 spiro atoms. The van der Waals surface area contributed by atoms with Crippen LogP contribution >= 0.6 is 23.2 Å². The first kappa shape index (κ1) is 16.1. The number of nitrogens with one attached hydrogen (secondary N) is 1. The lowest BCUT2D eigenvalue weighted by Gasteiger charge is -2.23. The maximum atomic E-state index is 12.0. The summed E-state index contributed by atoms with van der Waals surface area (Å²) >= 11 is 11.8. The molecule has 2 atom stereocenters. The van der Waals surface area contributed by atoms with E-state index in [-0.39, 0.29) is 11.8 Å². The molecule has 1 saturated carbocycles. The Bertz CT molecular complexity index is 571. The van der Waals surface area contributed by atoms with Crippen molar-refractivity contribution >= 4 is 34.8 Å². The summed E-state index contributed by atoms with van der Waals surface area (Å²) in [5, 5.41) is 12.6. The van der Waals surface area contributed by atoms with Gasteiger partial charge in [0, 0.05) is 17.6 Å². The standard InChI is InChI=1S/C15H17Cl2N3O/c1-20(12-4-2-10(6-12)8-18)9-15(21)19-11-3-5-13(16)14(17)7-11/h3,5,7,10,12H,2,4,6,9H2,1H3,(H,19,21)/t10-,12-/m0/s1. The van der Waals surface area contributed by atoms with Gasteiger partial charge < -0.3 is 5.32 Å². The van der Waals surface area contributed by atoms with Crippen LogP contribution in [0.2, 0.25) is 10.0 Å². The maximum absolute atomic E-state index is 12.0. The van der Waals surface area contributed by atoms with Crippen molar-refractivity contribution < 1.29 is 4.79 Å². The molecular formula is C15H17Cl2N3O. The van der Waals surface area contributed by atoms with Crippen molar-refractivity contribution in [2.45, 2.75) is 25.3 Å². The molecule has 2 rings (SSSR count). The molecule has 0 radical (unpaired) electrons. The molecule has 21 heavy (non-hydrogen) atoms. The second-order valence-corrected chi connectivity index (χ2v) is 6.20. The van der Waals surface area contributed by atoms with Crippen molar-refractivity contribution in [3.63, 3.8) is 0 Å². The van der Waals surface area contributed by atoms with Crippen LogP contribution in [0, 0.1) is 17.2 Å². The summed E-state index contributed by atoms with van der Waals surface area (Å²) < 4.78 is 0. The van der Waals surface area contributed by atoms with Crippen molar-refractivity contribution in [3.8, 4) is 6.07 Å². The van der Waals surface area contributed by atoms with Crippen LogP contribution in [0.25, 0.3) is 0 Å². The quantitative estimate of drug-likeness (QED) is 0.920. The topological polar surface area (TPSA) is 56.1 Å². The fourth-order valence-corrected chi connectivity index (χ4v) is 2.90. The van der Waals surface area contributed by atoms with Crippen molar-refractivity contribution in [1.29, 1.82) is 5.26 Å². The molecule has 112 valence electrons. The molecule has 0 unspecified atom stereocenters. The molecule has 0 saturated heterocycles. The highest BCUT2D eigenvalue weighted by atomic mass is 35.5. The van der Waals surface area contributed by atoms with Crippen LogP contribution in [0.3, 0.4) is 0 Å². The zero-order valence-corrected chi connectivity index (χ0v) is 13.3. The molecule has 1 N–H and O–H groups in total. The third kappa shape index (κ3) is 4.34. The molecule has 1 fully saturated rings. The minimum absolute atomic E-state index is 0.101. The van der Waals surface area contributed by atoms with Crippen LogP contribution < -0.4 is 5.32 Å². The number of hydrogen-bond acceptors (Lipinski definition) is 3. The highest BCUT2D eigenvalue weighted by Crippen LogP contribution is 2.28. The Morgan fingerprint density at radius 2 is 2.19 bits per heavy atom. The lowest BCUT2D eigenvalue weighted by Crippen LogP contribution is -2.36. The van der Waals surface area contributed by atoms with E-state index in [2.05, 4.69) is 11.4 Å². The van der Waals surface area contributed by atoms with E-state index in [0.717, 1.165) is 19.3 Å². The van der Waals surface area contributed by atoms with Crippen molar-refractivity contribution in [2.75, 3.05) is 18.9 Å². The monoisotopic (exact) mass is 325 g/mol. The first-order valence-electron chi connectivity index (χ1n) is 6.84. The number of halogens is 2. The van der Waals surface area contributed by atoms with E-state index in [0.29, 0.717) is 28.3 Å². The molecule has 0 aliphatic heterocycles. The molecule has 0 bridgehead atoms. The third-order valence-electron chi connectivity index (χ3n) is 3.81. The molecular weight excluding hydrogens is 309 g/mol. The van der Waals surface area contributed by atoms with Crippen LogP contribution in [0.4, 0.5) is 5.69 Å². The fraction of sp³-hybridized carbons (Fsp3) is 0.467. The summed E-state index contributed by atoms with van der Waals surface area (Å²) in [5.74, 6) is 0.0203. The Labute approximate surface area is 134 Å². The van der Waals surface area contributed by atoms with Gasteiger partial charge in [0.25, 0.3) is 0 Å². The number of anilines is 1. The predicted molar refractivity (Wildman–Crippen MR) is 84.5 cm³/mol. The van der Waals surface area contributed by atoms with Gasteiger partial charge in [0.2, 0.25) is 5.91 Å². The van der Waals surface area contributed by atoms with Gasteiger partial charge in [0.1, 0.15) is 0 Å². The van der Waals surface area contributed by atoms with Gasteiger partial charge in [-0.3, -0.25) is 9.69 Å². The average Bonchev–Trinajstić information content (AvgIpc) is 2.92. The fourth-order valence-electron chi connectivity index (χ4n) is 2.61. The lowest BCUT2D eigenvalue weighted by atomic mass is 10.1. The largest absolute Gasteiger partial charge is 0.325 e. The maximum Gasteiger partial charge on any atom is 0.238 e. The van der Waals surface area contributed by atoms with Gasteiger partial charge >= 0.3 is 0 Å². The summed E-state index contributed by atoms with van der Waals surface area (Å²) in [5.41, 5.74) is 0.629. The van der Waals surface area contributed by atoms with Crippen LogP contribution in [-0.2, 0) is 4.79 Å². The van der Waals surface area contributed by atoms with Gasteiger partial charge in [-0.25, -0.2) is 0 Å². The predicted octanol–water partition coefficient (Wildman–Crippen LogP) is 3.56. The molecule has 1 aliphatic carbocycles. The molecule has 0 heterocycles. The summed E-state index contributed by atoms with van der Waals surface area (Å²) in [6, 6.07) is 7.59. The molecule has 0 aromatic heterocycles. The molecule has 1 aromatic rings. The number of nitriles is 1. The van der Waals surface area contributed by atoms with Gasteiger partial charge in [0.05, 0.1) is 22.7 Å². The van der Waals surface area contributed by atoms with Crippen LogP contribution in [-0.4, -0.2) is 30.4 Å². The number of amides is 1. The van der Waals surface area contributed by atoms with E-state index in [1.54, 1.807) is 18.2 Å². The normalized spacial score (nSPS) is 21.3. The number of rotatable bonds is 4. The SMILES string of the molecule is CN(CC(=O)Nc1ccc(Cl)c(Cl)c1)[C@H]1CC[C@H](C#N)C1. The number of carbonyl (C=O) groups is 1. The van der Waals surface area contributed by atoms with E-state index in [4.69, 9.17) is 28.5 Å². The van der Waals surface area contributed by atoms with Gasteiger partial charge in [-0.1, -0.05) is 23.2 Å². The number of benzene rings is 1. The Balaban J connectivity index is 1.87. The summed E-state index contributed by atoms with van der Waals surface area (Å²) in [7, 11) is 1.92. The highest BCUT2D eigenvalue weighted by Gasteiger charge is 2.28. The zero-order valence-electron chi connectivity index (χ0n) is 11.8.